The van der Waals surface area contributed by atoms with Crippen LogP contribution in [0.2, 0.25) is 0 Å². The molecular weight excluding hydrogens is 348 g/mol. The van der Waals surface area contributed by atoms with Crippen molar-refractivity contribution in [2.24, 2.45) is 0 Å². The summed E-state index contributed by atoms with van der Waals surface area (Å²) in [5.41, 5.74) is -2.87. The molecule has 0 aliphatic rings. The van der Waals surface area contributed by atoms with Gasteiger partial charge in [-0.3, -0.25) is 4.98 Å². The van der Waals surface area contributed by atoms with Gasteiger partial charge in [0.2, 0.25) is 0 Å². The molecule has 0 saturated heterocycles. The van der Waals surface area contributed by atoms with Crippen molar-refractivity contribution in [1.82, 2.24) is 4.98 Å². The lowest BCUT2D eigenvalue weighted by Gasteiger charge is -2.18. The highest BCUT2D eigenvalue weighted by atomic mass is 79.9. The van der Waals surface area contributed by atoms with Crippen molar-refractivity contribution < 1.29 is 36.2 Å². The molecule has 0 aliphatic carbocycles. The maximum Gasteiger partial charge on any atom is 0.573 e. The number of ether oxygens (including phenoxy) is 1. The molecule has 0 amide bonds. The molecule has 0 bridgehead atoms. The fourth-order valence-corrected chi connectivity index (χ4v) is 1.71. The van der Waals surface area contributed by atoms with Gasteiger partial charge in [0.15, 0.2) is 5.75 Å². The minimum absolute atomic E-state index is 0.260. The van der Waals surface area contributed by atoms with Crippen LogP contribution in [0.25, 0.3) is 0 Å². The van der Waals surface area contributed by atoms with Crippen molar-refractivity contribution >= 4 is 15.9 Å². The number of hydrogen-bond donors (Lipinski definition) is 1. The number of rotatable bonds is 3. The van der Waals surface area contributed by atoms with Gasteiger partial charge in [-0.1, -0.05) is 15.9 Å². The molecule has 19 heavy (non-hydrogen) atoms. The summed E-state index contributed by atoms with van der Waals surface area (Å²) in [6.07, 6.45) is -9.78. The lowest BCUT2D eigenvalue weighted by molar-refractivity contribution is -0.275. The largest absolute Gasteiger partial charge is 0.573 e. The van der Waals surface area contributed by atoms with E-state index in [1.807, 2.05) is 0 Å². The standard InChI is InChI=1S/C9H6BrF6NO2/c10-1-6-7(19-9(14,15)16)4(3-18)5(2-17-6)8(11,12)13/h2,18H,1,3H2. The lowest BCUT2D eigenvalue weighted by Crippen LogP contribution is -2.21. The van der Waals surface area contributed by atoms with Gasteiger partial charge < -0.3 is 9.84 Å². The van der Waals surface area contributed by atoms with Crippen LogP contribution in [0, 0.1) is 0 Å². The summed E-state index contributed by atoms with van der Waals surface area (Å²) in [7, 11) is 0. The van der Waals surface area contributed by atoms with Crippen LogP contribution < -0.4 is 4.74 Å². The molecule has 1 heterocycles. The van der Waals surface area contributed by atoms with E-state index >= 15 is 0 Å². The number of aromatic nitrogens is 1. The minimum atomic E-state index is -5.19. The molecule has 1 aromatic heterocycles. The number of halogens is 7. The third-order valence-electron chi connectivity index (χ3n) is 2.02. The second-order valence-corrected chi connectivity index (χ2v) is 3.82. The highest BCUT2D eigenvalue weighted by molar-refractivity contribution is 9.08. The van der Waals surface area contributed by atoms with Crippen LogP contribution in [0.1, 0.15) is 16.8 Å². The zero-order valence-corrected chi connectivity index (χ0v) is 10.5. The molecule has 0 aromatic carbocycles. The van der Waals surface area contributed by atoms with E-state index in [4.69, 9.17) is 5.11 Å². The quantitative estimate of drug-likeness (QED) is 0.669. The number of aliphatic hydroxyl groups excluding tert-OH is 1. The second kappa shape index (κ2) is 5.53. The molecule has 0 fully saturated rings. The van der Waals surface area contributed by atoms with E-state index in [9.17, 15) is 26.3 Å². The average molecular weight is 354 g/mol. The highest BCUT2D eigenvalue weighted by Gasteiger charge is 2.39. The summed E-state index contributed by atoms with van der Waals surface area (Å²) in [4.78, 5) is 3.25. The Morgan fingerprint density at radius 2 is 1.79 bits per heavy atom. The lowest BCUT2D eigenvalue weighted by atomic mass is 10.1. The van der Waals surface area contributed by atoms with Gasteiger partial charge in [0.25, 0.3) is 0 Å². The van der Waals surface area contributed by atoms with Gasteiger partial charge in [0.1, 0.15) is 0 Å². The molecule has 10 heteroatoms. The van der Waals surface area contributed by atoms with E-state index in [1.165, 1.54) is 0 Å². The molecule has 0 saturated carbocycles. The molecule has 0 unspecified atom stereocenters. The van der Waals surface area contributed by atoms with Gasteiger partial charge in [-0.25, -0.2) is 0 Å². The Hall–Kier alpha value is -1.03. The zero-order valence-electron chi connectivity index (χ0n) is 8.94. The Kier molecular flexibility index (Phi) is 4.67. The minimum Gasteiger partial charge on any atom is -0.403 e. The highest BCUT2D eigenvalue weighted by Crippen LogP contribution is 2.39. The van der Waals surface area contributed by atoms with E-state index in [2.05, 4.69) is 25.7 Å². The summed E-state index contributed by atoms with van der Waals surface area (Å²) >= 11 is 2.78. The molecule has 0 spiro atoms. The Balaban J connectivity index is 3.46. The van der Waals surface area contributed by atoms with E-state index in [1.54, 1.807) is 0 Å². The van der Waals surface area contributed by atoms with Gasteiger partial charge in [0, 0.05) is 17.1 Å². The van der Waals surface area contributed by atoms with Gasteiger partial charge in [-0.05, 0) is 0 Å². The Morgan fingerprint density at radius 3 is 2.16 bits per heavy atom. The van der Waals surface area contributed by atoms with Crippen molar-refractivity contribution in [2.75, 3.05) is 0 Å². The fraction of sp³-hybridized carbons (Fsp3) is 0.444. The van der Waals surface area contributed by atoms with Crippen LogP contribution in [0.5, 0.6) is 5.75 Å². The van der Waals surface area contributed by atoms with Crippen molar-refractivity contribution in [3.05, 3.63) is 23.0 Å². The Labute approximate surface area is 111 Å². The second-order valence-electron chi connectivity index (χ2n) is 3.26. The monoisotopic (exact) mass is 353 g/mol. The Bertz CT molecular complexity index is 459. The van der Waals surface area contributed by atoms with Crippen molar-refractivity contribution in [2.45, 2.75) is 24.5 Å². The summed E-state index contributed by atoms with van der Waals surface area (Å²) in [6.45, 7) is -1.26. The number of nitrogens with zero attached hydrogens (tertiary/aromatic N) is 1. The molecular formula is C9H6BrF6NO2. The van der Waals surface area contributed by atoms with E-state index in [0.29, 0.717) is 6.20 Å². The topological polar surface area (TPSA) is 42.4 Å². The molecule has 108 valence electrons. The van der Waals surface area contributed by atoms with Crippen LogP contribution in [0.15, 0.2) is 6.20 Å². The van der Waals surface area contributed by atoms with Crippen LogP contribution in [0.4, 0.5) is 26.3 Å². The SMILES string of the molecule is OCc1c(C(F)(F)F)cnc(CBr)c1OC(F)(F)F. The fourth-order valence-electron chi connectivity index (χ4n) is 1.31. The van der Waals surface area contributed by atoms with Crippen LogP contribution >= 0.6 is 15.9 Å². The number of pyridine rings is 1. The Morgan fingerprint density at radius 1 is 1.21 bits per heavy atom. The van der Waals surface area contributed by atoms with Crippen LogP contribution in [-0.2, 0) is 18.1 Å². The third kappa shape index (κ3) is 3.96. The van der Waals surface area contributed by atoms with Crippen LogP contribution in [0.3, 0.4) is 0 Å². The first-order chi connectivity index (χ1) is 8.60. The smallest absolute Gasteiger partial charge is 0.403 e. The first-order valence-corrected chi connectivity index (χ1v) is 5.72. The molecule has 0 radical (unpaired) electrons. The normalized spacial score (nSPS) is 12.6. The van der Waals surface area contributed by atoms with Crippen molar-refractivity contribution in [3.8, 4) is 5.75 Å². The predicted molar refractivity (Wildman–Crippen MR) is 54.5 cm³/mol. The molecule has 1 N–H and O–H groups in total. The van der Waals surface area contributed by atoms with Gasteiger partial charge in [0.05, 0.1) is 17.9 Å². The first kappa shape index (κ1) is 16.0. The molecule has 0 aliphatic heterocycles. The molecule has 1 rings (SSSR count). The number of alkyl halides is 7. The third-order valence-corrected chi connectivity index (χ3v) is 2.55. The van der Waals surface area contributed by atoms with E-state index < -0.39 is 41.7 Å². The first-order valence-electron chi connectivity index (χ1n) is 4.60. The summed E-state index contributed by atoms with van der Waals surface area (Å²) in [5, 5.41) is 8.63. The van der Waals surface area contributed by atoms with Gasteiger partial charge in [-0.2, -0.15) is 13.2 Å². The zero-order chi connectivity index (χ0) is 14.8. The maximum atomic E-state index is 12.6. The maximum absolute atomic E-state index is 12.6. The number of aliphatic hydroxyl groups is 1. The van der Waals surface area contributed by atoms with Gasteiger partial charge in [-0.15, -0.1) is 13.2 Å². The molecule has 0 atom stereocenters. The molecule has 1 aromatic rings. The number of hydrogen-bond acceptors (Lipinski definition) is 3. The van der Waals surface area contributed by atoms with Crippen molar-refractivity contribution in [3.63, 3.8) is 0 Å². The van der Waals surface area contributed by atoms with Crippen molar-refractivity contribution in [1.29, 1.82) is 0 Å². The predicted octanol–water partition coefficient (Wildman–Crippen LogP) is 3.39. The van der Waals surface area contributed by atoms with Gasteiger partial charge >= 0.3 is 12.5 Å². The van der Waals surface area contributed by atoms with Crippen LogP contribution in [-0.4, -0.2) is 16.5 Å². The van der Waals surface area contributed by atoms with E-state index in [-0.39, 0.29) is 5.33 Å². The molecule has 3 nitrogen and oxygen atoms in total. The summed E-state index contributed by atoms with van der Waals surface area (Å²) < 4.78 is 77.8. The average Bonchev–Trinajstić information content (AvgIpc) is 2.25. The summed E-state index contributed by atoms with van der Waals surface area (Å²) in [5.74, 6) is -1.14. The summed E-state index contributed by atoms with van der Waals surface area (Å²) in [6, 6.07) is 0. The van der Waals surface area contributed by atoms with E-state index in [0.717, 1.165) is 0 Å².